The van der Waals surface area contributed by atoms with E-state index in [2.05, 4.69) is 32.5 Å². The molecule has 0 saturated heterocycles. The summed E-state index contributed by atoms with van der Waals surface area (Å²) in [7, 11) is 0. The summed E-state index contributed by atoms with van der Waals surface area (Å²) in [6.45, 7) is 8.62. The lowest BCUT2D eigenvalue weighted by Gasteiger charge is -2.32. The zero-order chi connectivity index (χ0) is 43.8. The zero-order valence-electron chi connectivity index (χ0n) is 33.2. The molecule has 4 atom stereocenters. The summed E-state index contributed by atoms with van der Waals surface area (Å²) >= 11 is 1.05. The SMILES string of the molecule is C=CC(=O)c1ccsc1N(C(C)=O)[C@@H](Cc1ccc(F)cc1)C(=O)N[C@@H](Cc1ccc(N=C(N)N)cc1)C(=O)N[C@@H](CC(C)C)C(=O)N[C@@H](CCCN=C(N)N)C(N)=O. The second-order valence-electron chi connectivity index (χ2n) is 14.0. The Kier molecular flexibility index (Phi) is 17.7. The van der Waals surface area contributed by atoms with Gasteiger partial charge in [0.25, 0.3) is 0 Å². The van der Waals surface area contributed by atoms with Gasteiger partial charge in [-0.15, -0.1) is 11.3 Å². The number of nitrogens with one attached hydrogen (secondary N) is 3. The second-order valence-corrected chi connectivity index (χ2v) is 14.9. The van der Waals surface area contributed by atoms with Crippen molar-refractivity contribution in [2.45, 2.75) is 77.0 Å². The number of aliphatic imine (C=N–C) groups is 2. The van der Waals surface area contributed by atoms with Gasteiger partial charge in [-0.1, -0.05) is 44.7 Å². The molecule has 19 heteroatoms. The first-order valence-electron chi connectivity index (χ1n) is 18.6. The summed E-state index contributed by atoms with van der Waals surface area (Å²) < 4.78 is 14.0. The van der Waals surface area contributed by atoms with Crippen LogP contribution in [0.3, 0.4) is 0 Å². The summed E-state index contributed by atoms with van der Waals surface area (Å²) in [5.41, 5.74) is 29.0. The first-order chi connectivity index (χ1) is 27.9. The van der Waals surface area contributed by atoms with E-state index in [0.29, 0.717) is 23.2 Å². The lowest BCUT2D eigenvalue weighted by molar-refractivity contribution is -0.134. The molecule has 0 saturated carbocycles. The highest BCUT2D eigenvalue weighted by molar-refractivity contribution is 7.14. The van der Waals surface area contributed by atoms with Gasteiger partial charge in [0.2, 0.25) is 29.5 Å². The largest absolute Gasteiger partial charge is 0.370 e. The van der Waals surface area contributed by atoms with Gasteiger partial charge in [0.1, 0.15) is 35.0 Å². The van der Waals surface area contributed by atoms with Crippen molar-refractivity contribution in [2.24, 2.45) is 44.6 Å². The van der Waals surface area contributed by atoms with Gasteiger partial charge in [-0.3, -0.25) is 38.7 Å². The standard InChI is InChI=1S/C40H52FN11O6S/c1-5-33(54)28-16-18-59-38(28)52(23(4)53)32(21-25-8-12-26(41)13-9-25)37(58)51-31(20-24-10-14-27(15-11-24)48-40(45)46)36(57)50-30(19-22(2)3)35(56)49-29(34(42)55)7-6-17-47-39(43)44/h5,8-16,18,22,29-32H,1,6-7,17,19-21H2,2-4H3,(H2,42,55)(H,49,56)(H,50,57)(H,51,58)(H4,43,44,47)(H4,45,46,48)/t29-,30-,31-,32-/m0/s1. The van der Waals surface area contributed by atoms with Crippen LogP contribution in [-0.4, -0.2) is 78.0 Å². The summed E-state index contributed by atoms with van der Waals surface area (Å²) in [6.07, 6.45) is 1.37. The van der Waals surface area contributed by atoms with E-state index in [1.807, 2.05) is 13.8 Å². The number of guanidine groups is 2. The molecule has 59 heavy (non-hydrogen) atoms. The lowest BCUT2D eigenvalue weighted by atomic mass is 9.99. The fourth-order valence-electron chi connectivity index (χ4n) is 6.04. The third-order valence-electron chi connectivity index (χ3n) is 8.82. The molecule has 3 rings (SSSR count). The second kappa shape index (κ2) is 22.3. The average molecular weight is 834 g/mol. The molecule has 13 N–H and O–H groups in total. The fourth-order valence-corrected chi connectivity index (χ4v) is 7.04. The summed E-state index contributed by atoms with van der Waals surface area (Å²) in [6, 6.07) is 8.27. The monoisotopic (exact) mass is 833 g/mol. The fraction of sp³-hybridized carbons (Fsp3) is 0.350. The van der Waals surface area contributed by atoms with E-state index in [1.54, 1.807) is 29.6 Å². The molecular formula is C40H52FN11O6S. The van der Waals surface area contributed by atoms with Crippen LogP contribution in [0.4, 0.5) is 15.1 Å². The van der Waals surface area contributed by atoms with Crippen molar-refractivity contribution < 1.29 is 33.2 Å². The van der Waals surface area contributed by atoms with Gasteiger partial charge in [-0.05, 0) is 78.1 Å². The highest BCUT2D eigenvalue weighted by atomic mass is 32.1. The predicted molar refractivity (Wildman–Crippen MR) is 226 cm³/mol. The van der Waals surface area contributed by atoms with E-state index in [1.165, 1.54) is 37.3 Å². The Hall–Kier alpha value is -6.63. The molecule has 0 spiro atoms. The molecule has 3 aromatic rings. The number of nitrogens with two attached hydrogens (primary N) is 5. The van der Waals surface area contributed by atoms with Crippen molar-refractivity contribution in [3.05, 3.63) is 95.1 Å². The Labute approximate surface area is 345 Å². The number of nitrogens with zero attached hydrogens (tertiary/aromatic N) is 3. The summed E-state index contributed by atoms with van der Waals surface area (Å²) in [5.74, 6) is -5.12. The third-order valence-corrected chi connectivity index (χ3v) is 9.74. The Morgan fingerprint density at radius 1 is 0.797 bits per heavy atom. The summed E-state index contributed by atoms with van der Waals surface area (Å²) in [5, 5.41) is 9.88. The molecule has 17 nitrogen and oxygen atoms in total. The van der Waals surface area contributed by atoms with Crippen molar-refractivity contribution in [3.63, 3.8) is 0 Å². The lowest BCUT2D eigenvalue weighted by Crippen LogP contribution is -2.59. The van der Waals surface area contributed by atoms with Crippen molar-refractivity contribution in [1.29, 1.82) is 0 Å². The van der Waals surface area contributed by atoms with E-state index in [0.717, 1.165) is 22.3 Å². The molecule has 0 bridgehead atoms. The van der Waals surface area contributed by atoms with Crippen LogP contribution in [0.1, 0.15) is 61.5 Å². The van der Waals surface area contributed by atoms with E-state index in [-0.39, 0.29) is 60.6 Å². The van der Waals surface area contributed by atoms with E-state index in [9.17, 15) is 33.2 Å². The molecule has 0 radical (unpaired) electrons. The van der Waals surface area contributed by atoms with Gasteiger partial charge in [0.05, 0.1) is 11.3 Å². The zero-order valence-corrected chi connectivity index (χ0v) is 34.0. The molecule has 1 heterocycles. The molecule has 0 aliphatic carbocycles. The number of primary amides is 1. The van der Waals surface area contributed by atoms with Crippen LogP contribution < -0.4 is 49.5 Å². The van der Waals surface area contributed by atoms with E-state index in [4.69, 9.17) is 28.7 Å². The average Bonchev–Trinajstić information content (AvgIpc) is 3.65. The first-order valence-corrected chi connectivity index (χ1v) is 19.5. The Morgan fingerprint density at radius 2 is 1.37 bits per heavy atom. The number of anilines is 1. The van der Waals surface area contributed by atoms with Gasteiger partial charge in [-0.25, -0.2) is 9.38 Å². The molecule has 2 aromatic carbocycles. The molecule has 0 aliphatic rings. The third kappa shape index (κ3) is 14.7. The van der Waals surface area contributed by atoms with Crippen LogP contribution in [0.5, 0.6) is 0 Å². The highest BCUT2D eigenvalue weighted by Gasteiger charge is 2.36. The number of benzene rings is 2. The van der Waals surface area contributed by atoms with E-state index >= 15 is 0 Å². The number of thiophene rings is 1. The van der Waals surface area contributed by atoms with Crippen LogP contribution >= 0.6 is 11.3 Å². The number of hydrogen-bond acceptors (Lipinski definition) is 9. The highest BCUT2D eigenvalue weighted by Crippen LogP contribution is 2.31. The molecule has 0 aliphatic heterocycles. The van der Waals surface area contributed by atoms with Crippen molar-refractivity contribution in [3.8, 4) is 0 Å². The molecule has 0 unspecified atom stereocenters. The van der Waals surface area contributed by atoms with Gasteiger partial charge in [-0.2, -0.15) is 0 Å². The summed E-state index contributed by atoms with van der Waals surface area (Å²) in [4.78, 5) is 90.3. The molecule has 1 aromatic heterocycles. The van der Waals surface area contributed by atoms with Crippen molar-refractivity contribution >= 4 is 69.3 Å². The number of amides is 5. The number of ketones is 1. The quantitative estimate of drug-likeness (QED) is 0.0237. The number of carbonyl (C=O) groups excluding carboxylic acids is 6. The van der Waals surface area contributed by atoms with Crippen LogP contribution in [0.15, 0.2) is 82.6 Å². The minimum Gasteiger partial charge on any atom is -0.370 e. The molecule has 5 amide bonds. The van der Waals surface area contributed by atoms with Crippen LogP contribution in [-0.2, 0) is 36.8 Å². The van der Waals surface area contributed by atoms with Crippen molar-refractivity contribution in [1.82, 2.24) is 16.0 Å². The van der Waals surface area contributed by atoms with Crippen LogP contribution in [0, 0.1) is 11.7 Å². The number of allylic oxidation sites excluding steroid dienone is 1. The smallest absolute Gasteiger partial charge is 0.244 e. The van der Waals surface area contributed by atoms with Gasteiger partial charge in [0.15, 0.2) is 17.7 Å². The molecule has 0 fully saturated rings. The molecular weight excluding hydrogens is 782 g/mol. The predicted octanol–water partition coefficient (Wildman–Crippen LogP) is 1.41. The first kappa shape index (κ1) is 46.8. The maximum atomic E-state index is 14.6. The maximum absolute atomic E-state index is 14.6. The number of rotatable bonds is 22. The van der Waals surface area contributed by atoms with Gasteiger partial charge in [0, 0.05) is 26.3 Å². The minimum atomic E-state index is -1.37. The number of halogens is 1. The number of hydrogen-bond donors (Lipinski definition) is 8. The Morgan fingerprint density at radius 3 is 1.93 bits per heavy atom. The Balaban J connectivity index is 2.06. The number of carbonyl (C=O) groups is 6. The molecule has 316 valence electrons. The van der Waals surface area contributed by atoms with Crippen molar-refractivity contribution in [2.75, 3.05) is 11.4 Å². The maximum Gasteiger partial charge on any atom is 0.244 e. The Bertz CT molecular complexity index is 2030. The van der Waals surface area contributed by atoms with Gasteiger partial charge >= 0.3 is 0 Å². The normalized spacial score (nSPS) is 12.8. The van der Waals surface area contributed by atoms with Gasteiger partial charge < -0.3 is 44.6 Å². The van der Waals surface area contributed by atoms with E-state index < -0.39 is 65.3 Å². The van der Waals surface area contributed by atoms with Crippen LogP contribution in [0.2, 0.25) is 0 Å². The topological polar surface area (TPSA) is 297 Å². The van der Waals surface area contributed by atoms with Crippen LogP contribution in [0.25, 0.3) is 0 Å². The minimum absolute atomic E-state index is 0.112.